The molecule has 1 fully saturated rings. The Kier molecular flexibility index (Phi) is 4.97. The van der Waals surface area contributed by atoms with Gasteiger partial charge in [-0.25, -0.2) is 0 Å². The lowest BCUT2D eigenvalue weighted by molar-refractivity contribution is -0.0178. The third-order valence-electron chi connectivity index (χ3n) is 4.58. The third-order valence-corrected chi connectivity index (χ3v) is 4.58. The summed E-state index contributed by atoms with van der Waals surface area (Å²) >= 11 is 0. The minimum Gasteiger partial charge on any atom is -0.379 e. The molecule has 6 nitrogen and oxygen atoms in total. The zero-order valence-corrected chi connectivity index (χ0v) is 14.0. The van der Waals surface area contributed by atoms with E-state index in [1.807, 2.05) is 12.1 Å². The lowest BCUT2D eigenvalue weighted by Crippen LogP contribution is -2.52. The number of H-pyrrole nitrogens is 1. The number of nitrogens with one attached hydrogen (secondary N) is 2. The molecule has 0 saturated carbocycles. The minimum atomic E-state index is -0.338. The Hall–Kier alpha value is -2.18. The fourth-order valence-corrected chi connectivity index (χ4v) is 3.18. The molecule has 0 unspecified atom stereocenters. The van der Waals surface area contributed by atoms with Gasteiger partial charge in [-0.05, 0) is 26.0 Å². The van der Waals surface area contributed by atoms with Gasteiger partial charge in [0.2, 0.25) is 5.43 Å². The molecule has 1 aromatic carbocycles. The van der Waals surface area contributed by atoms with Gasteiger partial charge in [-0.2, -0.15) is 0 Å². The van der Waals surface area contributed by atoms with Crippen molar-refractivity contribution in [1.29, 1.82) is 0 Å². The Morgan fingerprint density at radius 2 is 2.25 bits per heavy atom. The average molecular weight is 329 g/mol. The minimum absolute atomic E-state index is 0.149. The van der Waals surface area contributed by atoms with E-state index in [0.717, 1.165) is 12.1 Å². The molecule has 2 heterocycles. The van der Waals surface area contributed by atoms with Crippen LogP contribution in [-0.2, 0) is 4.74 Å². The van der Waals surface area contributed by atoms with E-state index in [0.29, 0.717) is 31.2 Å². The van der Waals surface area contributed by atoms with Gasteiger partial charge in [0.15, 0.2) is 0 Å². The summed E-state index contributed by atoms with van der Waals surface area (Å²) in [7, 11) is 0. The summed E-state index contributed by atoms with van der Waals surface area (Å²) in [5.74, 6) is -0.338. The van der Waals surface area contributed by atoms with Crippen LogP contribution in [0.25, 0.3) is 10.9 Å². The summed E-state index contributed by atoms with van der Waals surface area (Å²) in [5.41, 5.74) is 0.639. The zero-order chi connectivity index (χ0) is 17.1. The van der Waals surface area contributed by atoms with Crippen molar-refractivity contribution in [1.82, 2.24) is 15.2 Å². The van der Waals surface area contributed by atoms with E-state index in [-0.39, 0.29) is 22.9 Å². The van der Waals surface area contributed by atoms with Gasteiger partial charge in [0.1, 0.15) is 5.56 Å². The Bertz CT molecular complexity index is 786. The van der Waals surface area contributed by atoms with Crippen LogP contribution in [0.4, 0.5) is 0 Å². The summed E-state index contributed by atoms with van der Waals surface area (Å²) in [6, 6.07) is 7.70. The molecule has 1 saturated heterocycles. The van der Waals surface area contributed by atoms with Gasteiger partial charge < -0.3 is 15.0 Å². The predicted octanol–water partition coefficient (Wildman–Crippen LogP) is 1.37. The molecule has 6 heteroatoms. The molecule has 2 N–H and O–H groups in total. The molecule has 0 spiro atoms. The second-order valence-corrected chi connectivity index (χ2v) is 6.30. The van der Waals surface area contributed by atoms with Crippen molar-refractivity contribution in [2.45, 2.75) is 25.9 Å². The van der Waals surface area contributed by atoms with Crippen LogP contribution in [0, 0.1) is 0 Å². The maximum atomic E-state index is 12.5. The number of rotatable bonds is 4. The number of aromatic amines is 1. The molecule has 0 bridgehead atoms. The number of ether oxygens (including phenoxy) is 1. The molecule has 1 aromatic heterocycles. The van der Waals surface area contributed by atoms with Crippen molar-refractivity contribution >= 4 is 16.8 Å². The van der Waals surface area contributed by atoms with Crippen LogP contribution < -0.4 is 10.7 Å². The number of nitrogens with zero attached hydrogens (tertiary/aromatic N) is 1. The Balaban J connectivity index is 1.69. The second-order valence-electron chi connectivity index (χ2n) is 6.30. The number of benzene rings is 1. The first-order chi connectivity index (χ1) is 11.6. The van der Waals surface area contributed by atoms with Crippen molar-refractivity contribution in [2.24, 2.45) is 0 Å². The van der Waals surface area contributed by atoms with Crippen LogP contribution in [0.3, 0.4) is 0 Å². The number of amides is 1. The zero-order valence-electron chi connectivity index (χ0n) is 14.0. The summed E-state index contributed by atoms with van der Waals surface area (Å²) in [4.78, 5) is 30.2. The van der Waals surface area contributed by atoms with Crippen molar-refractivity contribution in [2.75, 3.05) is 26.3 Å². The number of pyridine rings is 1. The number of hydrogen-bond acceptors (Lipinski definition) is 4. The number of carbonyl (C=O) groups excluding carboxylic acids is 1. The molecule has 2 aromatic rings. The van der Waals surface area contributed by atoms with Crippen molar-refractivity contribution in [3.8, 4) is 0 Å². The molecule has 1 amide bonds. The van der Waals surface area contributed by atoms with Crippen LogP contribution in [0.1, 0.15) is 24.2 Å². The molecular weight excluding hydrogens is 306 g/mol. The van der Waals surface area contributed by atoms with E-state index in [1.54, 1.807) is 12.1 Å². The Morgan fingerprint density at radius 3 is 3.04 bits per heavy atom. The monoisotopic (exact) mass is 329 g/mol. The smallest absolute Gasteiger partial charge is 0.256 e. The van der Waals surface area contributed by atoms with E-state index < -0.39 is 0 Å². The summed E-state index contributed by atoms with van der Waals surface area (Å²) < 4.78 is 5.44. The number of para-hydroxylation sites is 1. The fraction of sp³-hybridized carbons (Fsp3) is 0.444. The molecule has 0 aliphatic carbocycles. The fourth-order valence-electron chi connectivity index (χ4n) is 3.18. The maximum absolute atomic E-state index is 12.5. The highest BCUT2D eigenvalue weighted by Crippen LogP contribution is 2.10. The third kappa shape index (κ3) is 3.34. The number of fused-ring (bicyclic) bond motifs is 1. The summed E-state index contributed by atoms with van der Waals surface area (Å²) in [6.45, 7) is 6.97. The van der Waals surface area contributed by atoms with Gasteiger partial charge in [0.05, 0.1) is 13.2 Å². The largest absolute Gasteiger partial charge is 0.379 e. The first kappa shape index (κ1) is 16.7. The molecule has 0 radical (unpaired) electrons. The van der Waals surface area contributed by atoms with Crippen LogP contribution in [-0.4, -0.2) is 54.2 Å². The molecule has 1 aliphatic heterocycles. The van der Waals surface area contributed by atoms with Crippen LogP contribution in [0.15, 0.2) is 35.3 Å². The lowest BCUT2D eigenvalue weighted by atomic mass is 10.1. The van der Waals surface area contributed by atoms with Crippen molar-refractivity contribution in [3.63, 3.8) is 0 Å². The van der Waals surface area contributed by atoms with Gasteiger partial charge in [-0.3, -0.25) is 14.5 Å². The molecule has 2 atom stereocenters. The number of carbonyl (C=O) groups is 1. The highest BCUT2D eigenvalue weighted by molar-refractivity contribution is 5.97. The summed E-state index contributed by atoms with van der Waals surface area (Å²) in [6.07, 6.45) is 1.49. The highest BCUT2D eigenvalue weighted by atomic mass is 16.5. The Morgan fingerprint density at radius 1 is 1.46 bits per heavy atom. The molecular formula is C18H23N3O3. The average Bonchev–Trinajstić information content (AvgIpc) is 2.60. The molecule has 1 aliphatic rings. The van der Waals surface area contributed by atoms with Crippen molar-refractivity contribution < 1.29 is 9.53 Å². The van der Waals surface area contributed by atoms with E-state index >= 15 is 0 Å². The SMILES string of the molecule is C[C@H](CNC(=O)c1c[nH]c2ccccc2c1=O)N1CCOC[C@@H]1C. The van der Waals surface area contributed by atoms with Crippen LogP contribution >= 0.6 is 0 Å². The normalized spacial score (nSPS) is 20.0. The van der Waals surface area contributed by atoms with Crippen LogP contribution in [0.5, 0.6) is 0 Å². The van der Waals surface area contributed by atoms with Gasteiger partial charge in [-0.15, -0.1) is 0 Å². The van der Waals surface area contributed by atoms with E-state index in [1.165, 1.54) is 6.20 Å². The van der Waals surface area contributed by atoms with Gasteiger partial charge in [0.25, 0.3) is 5.91 Å². The number of aromatic nitrogens is 1. The van der Waals surface area contributed by atoms with Crippen molar-refractivity contribution in [3.05, 3.63) is 46.2 Å². The summed E-state index contributed by atoms with van der Waals surface area (Å²) in [5, 5.41) is 3.41. The second kappa shape index (κ2) is 7.15. The molecule has 128 valence electrons. The van der Waals surface area contributed by atoms with Gasteiger partial charge in [0, 0.05) is 42.3 Å². The standard InChI is InChI=1S/C18H23N3O3/c1-12(21-7-8-24-11-13(21)2)9-20-18(23)15-10-19-16-6-4-3-5-14(16)17(15)22/h3-6,10,12-13H,7-9,11H2,1-2H3,(H,19,22)(H,20,23)/t12-,13+/m1/s1. The predicted molar refractivity (Wildman–Crippen MR) is 93.4 cm³/mol. The topological polar surface area (TPSA) is 74.4 Å². The van der Waals surface area contributed by atoms with Gasteiger partial charge in [-0.1, -0.05) is 12.1 Å². The van der Waals surface area contributed by atoms with E-state index in [2.05, 4.69) is 29.0 Å². The first-order valence-corrected chi connectivity index (χ1v) is 8.30. The quantitative estimate of drug-likeness (QED) is 0.888. The molecule has 3 rings (SSSR count). The van der Waals surface area contributed by atoms with E-state index in [9.17, 15) is 9.59 Å². The highest BCUT2D eigenvalue weighted by Gasteiger charge is 2.24. The number of morpholine rings is 1. The van der Waals surface area contributed by atoms with E-state index in [4.69, 9.17) is 4.74 Å². The molecule has 24 heavy (non-hydrogen) atoms. The van der Waals surface area contributed by atoms with Gasteiger partial charge >= 0.3 is 0 Å². The Labute approximate surface area is 140 Å². The lowest BCUT2D eigenvalue weighted by Gasteiger charge is -2.37. The van der Waals surface area contributed by atoms with Crippen LogP contribution in [0.2, 0.25) is 0 Å². The number of hydrogen-bond donors (Lipinski definition) is 2. The first-order valence-electron chi connectivity index (χ1n) is 8.30. The maximum Gasteiger partial charge on any atom is 0.256 e.